The lowest BCUT2D eigenvalue weighted by Crippen LogP contribution is -2.50. The van der Waals surface area contributed by atoms with Crippen molar-refractivity contribution in [1.82, 2.24) is 10.6 Å². The highest BCUT2D eigenvalue weighted by atomic mass is 16.5. The number of hydrogen-bond acceptors (Lipinski definition) is 3. The molecule has 0 aliphatic rings. The van der Waals surface area contributed by atoms with E-state index in [4.69, 9.17) is 6.11 Å². The zero-order chi connectivity index (χ0) is 20.7. The molecule has 2 atom stereocenters. The van der Waals surface area contributed by atoms with Crippen LogP contribution < -0.4 is 15.4 Å². The van der Waals surface area contributed by atoms with Crippen LogP contribution in [-0.4, -0.2) is 24.9 Å². The van der Waals surface area contributed by atoms with Gasteiger partial charge in [-0.25, -0.2) is 0 Å². The first kappa shape index (κ1) is 19.0. The number of carbonyl (C=O) groups excluding carboxylic acids is 2. The van der Waals surface area contributed by atoms with E-state index in [1.807, 2.05) is 56.3 Å². The molecule has 0 aromatic heterocycles. The van der Waals surface area contributed by atoms with Gasteiger partial charge in [0.05, 0.1) is 8.48 Å². The van der Waals surface area contributed by atoms with Crippen LogP contribution in [0, 0.1) is 5.92 Å². The van der Waals surface area contributed by atoms with Gasteiger partial charge < -0.3 is 15.4 Å². The lowest BCUT2D eigenvalue weighted by Gasteiger charge is -2.30. The van der Waals surface area contributed by atoms with Crippen molar-refractivity contribution in [3.05, 3.63) is 65.7 Å². The SMILES string of the molecule is [2H]C(NC(C)=O)(C(=O)NCc1ccccc1)C(c1ccc(OC)cc1)C(C)C. The van der Waals surface area contributed by atoms with Gasteiger partial charge in [0.15, 0.2) is 0 Å². The molecule has 0 radical (unpaired) electrons. The summed E-state index contributed by atoms with van der Waals surface area (Å²) in [5.41, 5.74) is 1.71. The Hall–Kier alpha value is -2.82. The molecule has 27 heavy (non-hydrogen) atoms. The van der Waals surface area contributed by atoms with E-state index >= 15 is 0 Å². The highest BCUT2D eigenvalue weighted by Gasteiger charge is 2.32. The third-order valence-electron chi connectivity index (χ3n) is 4.30. The van der Waals surface area contributed by atoms with E-state index in [0.717, 1.165) is 11.1 Å². The molecule has 2 N–H and O–H groups in total. The second kappa shape index (κ2) is 9.76. The molecule has 0 saturated heterocycles. The Morgan fingerprint density at radius 3 is 2.22 bits per heavy atom. The van der Waals surface area contributed by atoms with Crippen molar-refractivity contribution in [2.45, 2.75) is 39.3 Å². The molecule has 0 bridgehead atoms. The van der Waals surface area contributed by atoms with Crippen LogP contribution >= 0.6 is 0 Å². The van der Waals surface area contributed by atoms with Crippen molar-refractivity contribution in [3.8, 4) is 5.75 Å². The van der Waals surface area contributed by atoms with Crippen LogP contribution in [0.1, 0.15) is 39.2 Å². The van der Waals surface area contributed by atoms with Gasteiger partial charge in [-0.15, -0.1) is 0 Å². The molecule has 5 nitrogen and oxygen atoms in total. The number of methoxy groups -OCH3 is 1. The van der Waals surface area contributed by atoms with Crippen LogP contribution in [0.25, 0.3) is 0 Å². The molecule has 2 rings (SSSR count). The first-order chi connectivity index (χ1) is 13.3. The van der Waals surface area contributed by atoms with E-state index in [9.17, 15) is 9.59 Å². The van der Waals surface area contributed by atoms with Gasteiger partial charge in [0.1, 0.15) is 11.8 Å². The number of nitrogens with one attached hydrogen (secondary N) is 2. The van der Waals surface area contributed by atoms with E-state index in [1.54, 1.807) is 19.2 Å². The van der Waals surface area contributed by atoms with Crippen LogP contribution in [0.4, 0.5) is 0 Å². The first-order valence-electron chi connectivity index (χ1n) is 9.53. The summed E-state index contributed by atoms with van der Waals surface area (Å²) in [6, 6.07) is 14.9. The molecule has 2 aromatic carbocycles. The Morgan fingerprint density at radius 2 is 1.70 bits per heavy atom. The topological polar surface area (TPSA) is 67.4 Å². The fourth-order valence-electron chi connectivity index (χ4n) is 3.03. The number of benzene rings is 2. The summed E-state index contributed by atoms with van der Waals surface area (Å²) in [4.78, 5) is 24.9. The Balaban J connectivity index is 2.35. The summed E-state index contributed by atoms with van der Waals surface area (Å²) in [5.74, 6) is -0.890. The summed E-state index contributed by atoms with van der Waals surface area (Å²) in [7, 11) is 1.58. The lowest BCUT2D eigenvalue weighted by atomic mass is 9.81. The highest BCUT2D eigenvalue weighted by molar-refractivity contribution is 5.87. The number of rotatable bonds is 8. The average molecular weight is 369 g/mol. The molecule has 0 aliphatic carbocycles. The third kappa shape index (κ3) is 5.84. The third-order valence-corrected chi connectivity index (χ3v) is 4.30. The summed E-state index contributed by atoms with van der Waals surface area (Å²) in [5, 5.41) is 5.39. The Labute approximate surface area is 162 Å². The molecule has 2 aromatic rings. The Morgan fingerprint density at radius 1 is 1.07 bits per heavy atom. The maximum Gasteiger partial charge on any atom is 0.243 e. The van der Waals surface area contributed by atoms with Gasteiger partial charge >= 0.3 is 0 Å². The van der Waals surface area contributed by atoms with Crippen molar-refractivity contribution in [2.24, 2.45) is 5.92 Å². The van der Waals surface area contributed by atoms with Gasteiger partial charge in [0.25, 0.3) is 0 Å². The van der Waals surface area contributed by atoms with Crippen molar-refractivity contribution >= 4 is 11.8 Å². The molecule has 2 unspecified atom stereocenters. The second-order valence-electron chi connectivity index (χ2n) is 6.76. The fourth-order valence-corrected chi connectivity index (χ4v) is 3.03. The highest BCUT2D eigenvalue weighted by Crippen LogP contribution is 2.30. The Bertz CT molecular complexity index is 793. The minimum absolute atomic E-state index is 0.0692. The summed E-state index contributed by atoms with van der Waals surface area (Å²) < 4.78 is 14.2. The quantitative estimate of drug-likeness (QED) is 0.750. The second-order valence-corrected chi connectivity index (χ2v) is 6.76. The number of carbonyl (C=O) groups is 2. The standard InChI is InChI=1S/C22H28N2O3/c1-15(2)20(18-10-12-19(27-4)13-11-18)21(24-16(3)25)22(26)23-14-17-8-6-5-7-9-17/h5-13,15,20-21H,14H2,1-4H3,(H,23,26)(H,24,25)/i21D. The molecule has 5 heteroatoms. The van der Waals surface area contributed by atoms with E-state index in [0.29, 0.717) is 5.75 Å². The van der Waals surface area contributed by atoms with Crippen molar-refractivity contribution in [1.29, 1.82) is 0 Å². The molecule has 144 valence electrons. The molecule has 0 aliphatic heterocycles. The molecular formula is C22H28N2O3. The maximum atomic E-state index is 13.1. The summed E-state index contributed by atoms with van der Waals surface area (Å²) >= 11 is 0. The predicted octanol–water partition coefficient (Wildman–Crippen LogP) is 3.26. The first-order valence-corrected chi connectivity index (χ1v) is 9.03. The van der Waals surface area contributed by atoms with Crippen LogP contribution in [0.5, 0.6) is 5.75 Å². The molecule has 0 saturated carbocycles. The van der Waals surface area contributed by atoms with Crippen LogP contribution in [-0.2, 0) is 16.1 Å². The number of amides is 2. The summed E-state index contributed by atoms with van der Waals surface area (Å²) in [6.07, 6.45) is 0. The van der Waals surface area contributed by atoms with E-state index < -0.39 is 23.8 Å². The van der Waals surface area contributed by atoms with Gasteiger partial charge in [-0.3, -0.25) is 9.59 Å². The fraction of sp³-hybridized carbons (Fsp3) is 0.364. The molecule has 0 spiro atoms. The van der Waals surface area contributed by atoms with E-state index in [1.165, 1.54) is 6.92 Å². The van der Waals surface area contributed by atoms with Gasteiger partial charge in [0, 0.05) is 19.4 Å². The van der Waals surface area contributed by atoms with Gasteiger partial charge in [0.2, 0.25) is 11.8 Å². The number of ether oxygens (including phenoxy) is 1. The van der Waals surface area contributed by atoms with Crippen LogP contribution in [0.15, 0.2) is 54.6 Å². The maximum absolute atomic E-state index is 13.1. The minimum atomic E-state index is -1.84. The minimum Gasteiger partial charge on any atom is -0.497 e. The van der Waals surface area contributed by atoms with Crippen molar-refractivity contribution in [3.63, 3.8) is 0 Å². The Kier molecular flexibility index (Phi) is 6.85. The van der Waals surface area contributed by atoms with E-state index in [-0.39, 0.29) is 12.5 Å². The molecule has 0 heterocycles. The van der Waals surface area contributed by atoms with Crippen LogP contribution in [0.3, 0.4) is 0 Å². The lowest BCUT2D eigenvalue weighted by molar-refractivity contribution is -0.129. The van der Waals surface area contributed by atoms with Crippen LogP contribution in [0.2, 0.25) is 0 Å². The molecule has 2 amide bonds. The van der Waals surface area contributed by atoms with E-state index in [2.05, 4.69) is 10.6 Å². The largest absolute Gasteiger partial charge is 0.497 e. The van der Waals surface area contributed by atoms with Crippen molar-refractivity contribution < 1.29 is 15.7 Å². The van der Waals surface area contributed by atoms with Gasteiger partial charge in [-0.2, -0.15) is 0 Å². The zero-order valence-electron chi connectivity index (χ0n) is 17.3. The smallest absolute Gasteiger partial charge is 0.243 e. The molecular weight excluding hydrogens is 340 g/mol. The predicted molar refractivity (Wildman–Crippen MR) is 106 cm³/mol. The van der Waals surface area contributed by atoms with Gasteiger partial charge in [-0.05, 0) is 29.2 Å². The van der Waals surface area contributed by atoms with Gasteiger partial charge in [-0.1, -0.05) is 56.3 Å². The van der Waals surface area contributed by atoms with Crippen molar-refractivity contribution in [2.75, 3.05) is 7.11 Å². The summed E-state index contributed by atoms with van der Waals surface area (Å²) in [6.45, 7) is 5.47. The normalized spacial score (nSPS) is 14.6. The molecule has 0 fully saturated rings. The monoisotopic (exact) mass is 369 g/mol. The zero-order valence-corrected chi connectivity index (χ0v) is 16.3. The number of hydrogen-bond donors (Lipinski definition) is 2. The average Bonchev–Trinajstić information content (AvgIpc) is 2.66.